The van der Waals surface area contributed by atoms with Crippen LogP contribution in [0.1, 0.15) is 17.0 Å². The summed E-state index contributed by atoms with van der Waals surface area (Å²) in [5.41, 5.74) is 1.73. The van der Waals surface area contributed by atoms with Gasteiger partial charge in [0.1, 0.15) is 5.75 Å². The maximum Gasteiger partial charge on any atom is 0.240 e. The van der Waals surface area contributed by atoms with Crippen LogP contribution in [0.5, 0.6) is 5.75 Å². The number of fused-ring (bicyclic) bond motifs is 3. The zero-order valence-corrected chi connectivity index (χ0v) is 18.8. The number of likely N-dealkylation sites (tertiary alicyclic amines) is 1. The van der Waals surface area contributed by atoms with Crippen LogP contribution in [-0.4, -0.2) is 46.1 Å². The number of benzene rings is 2. The standard InChI is InChI=1S/C20H20BrN3O3S.ClH/c21-16-2-4-17(5-3-16)28(25,26)23-7-8-24-11-15-13-27-20-6-1-14(10-22)9-18(20)19(15)12-24;/h1-6,9,15,19,23H,7-8,11-13H2;1H/t15-,19+;/m1./s1. The first-order valence-corrected chi connectivity index (χ1v) is 11.4. The maximum absolute atomic E-state index is 12.4. The van der Waals surface area contributed by atoms with E-state index in [2.05, 4.69) is 31.6 Å². The van der Waals surface area contributed by atoms with Crippen molar-refractivity contribution in [3.8, 4) is 11.8 Å². The van der Waals surface area contributed by atoms with Crippen LogP contribution in [0, 0.1) is 17.2 Å². The van der Waals surface area contributed by atoms with E-state index in [1.807, 2.05) is 12.1 Å². The molecule has 0 saturated carbocycles. The second-order valence-electron chi connectivity index (χ2n) is 7.15. The van der Waals surface area contributed by atoms with Gasteiger partial charge in [0.2, 0.25) is 10.0 Å². The van der Waals surface area contributed by atoms with E-state index in [1.165, 1.54) is 0 Å². The minimum absolute atomic E-state index is 0. The van der Waals surface area contributed by atoms with Crippen molar-refractivity contribution in [2.45, 2.75) is 10.8 Å². The normalized spacial score (nSPS) is 20.7. The molecular weight excluding hydrogens is 478 g/mol. The fourth-order valence-corrected chi connectivity index (χ4v) is 5.22. The summed E-state index contributed by atoms with van der Waals surface area (Å²) in [6, 6.07) is 14.4. The highest BCUT2D eigenvalue weighted by atomic mass is 79.9. The number of nitriles is 1. The molecule has 154 valence electrons. The second kappa shape index (κ2) is 9.02. The average Bonchev–Trinajstić information content (AvgIpc) is 3.11. The summed E-state index contributed by atoms with van der Waals surface area (Å²) >= 11 is 3.31. The molecule has 0 aromatic heterocycles. The molecule has 0 amide bonds. The Bertz CT molecular complexity index is 1020. The quantitative estimate of drug-likeness (QED) is 0.685. The Hall–Kier alpha value is -1.63. The molecule has 0 radical (unpaired) electrons. The monoisotopic (exact) mass is 497 g/mol. The Labute approximate surface area is 185 Å². The molecule has 2 aromatic rings. The minimum Gasteiger partial charge on any atom is -0.493 e. The van der Waals surface area contributed by atoms with E-state index in [0.717, 1.165) is 28.9 Å². The summed E-state index contributed by atoms with van der Waals surface area (Å²) in [7, 11) is -3.51. The van der Waals surface area contributed by atoms with Gasteiger partial charge in [-0.15, -0.1) is 12.4 Å². The fraction of sp³-hybridized carbons (Fsp3) is 0.350. The van der Waals surface area contributed by atoms with Crippen molar-refractivity contribution in [3.05, 3.63) is 58.1 Å². The highest BCUT2D eigenvalue weighted by Gasteiger charge is 2.38. The fourth-order valence-electron chi connectivity index (χ4n) is 3.94. The molecule has 4 rings (SSSR count). The number of ether oxygens (including phenoxy) is 1. The molecule has 0 bridgehead atoms. The number of hydrogen-bond donors (Lipinski definition) is 1. The molecule has 2 aliphatic heterocycles. The molecule has 1 saturated heterocycles. The van der Waals surface area contributed by atoms with Crippen molar-refractivity contribution >= 4 is 38.4 Å². The molecule has 2 heterocycles. The number of halogens is 2. The van der Waals surface area contributed by atoms with Gasteiger partial charge in [0.05, 0.1) is 23.1 Å². The van der Waals surface area contributed by atoms with E-state index < -0.39 is 10.0 Å². The lowest BCUT2D eigenvalue weighted by Gasteiger charge is -2.27. The van der Waals surface area contributed by atoms with Gasteiger partial charge in [0.25, 0.3) is 0 Å². The molecule has 2 aromatic carbocycles. The maximum atomic E-state index is 12.4. The Kier molecular flexibility index (Phi) is 6.87. The average molecular weight is 499 g/mol. The van der Waals surface area contributed by atoms with E-state index in [9.17, 15) is 8.42 Å². The third-order valence-electron chi connectivity index (χ3n) is 5.35. The third-order valence-corrected chi connectivity index (χ3v) is 7.36. The summed E-state index contributed by atoms with van der Waals surface area (Å²) < 4.78 is 34.2. The van der Waals surface area contributed by atoms with Gasteiger partial charge in [0, 0.05) is 48.1 Å². The molecule has 9 heteroatoms. The summed E-state index contributed by atoms with van der Waals surface area (Å²) in [4.78, 5) is 2.52. The van der Waals surface area contributed by atoms with Gasteiger partial charge in [-0.25, -0.2) is 13.1 Å². The van der Waals surface area contributed by atoms with Crippen LogP contribution in [0.25, 0.3) is 0 Å². The van der Waals surface area contributed by atoms with Crippen LogP contribution < -0.4 is 9.46 Å². The largest absolute Gasteiger partial charge is 0.493 e. The SMILES string of the molecule is Cl.N#Cc1ccc2c(c1)[C@H]1CN(CCNS(=O)(=O)c3ccc(Br)cc3)C[C@@H]1CO2. The van der Waals surface area contributed by atoms with Crippen LogP contribution >= 0.6 is 28.3 Å². The van der Waals surface area contributed by atoms with Gasteiger partial charge < -0.3 is 9.64 Å². The predicted octanol–water partition coefficient (Wildman–Crippen LogP) is 3.13. The van der Waals surface area contributed by atoms with Crippen molar-refractivity contribution in [3.63, 3.8) is 0 Å². The number of nitrogens with one attached hydrogen (secondary N) is 1. The van der Waals surface area contributed by atoms with Gasteiger partial charge in [-0.1, -0.05) is 15.9 Å². The van der Waals surface area contributed by atoms with Gasteiger partial charge in [-0.3, -0.25) is 0 Å². The zero-order chi connectivity index (χ0) is 19.7. The molecular formula is C20H21BrClN3O3S. The molecule has 2 atom stereocenters. The summed E-state index contributed by atoms with van der Waals surface area (Å²) in [5.74, 6) is 1.54. The van der Waals surface area contributed by atoms with Crippen LogP contribution in [-0.2, 0) is 10.0 Å². The topological polar surface area (TPSA) is 82.4 Å². The lowest BCUT2D eigenvalue weighted by molar-refractivity contribution is 0.213. The van der Waals surface area contributed by atoms with Crippen LogP contribution in [0.2, 0.25) is 0 Å². The van der Waals surface area contributed by atoms with Crippen molar-refractivity contribution in [2.24, 2.45) is 5.92 Å². The Morgan fingerprint density at radius 2 is 1.97 bits per heavy atom. The summed E-state index contributed by atoms with van der Waals surface area (Å²) in [6.45, 7) is 3.35. The highest BCUT2D eigenvalue weighted by Crippen LogP contribution is 2.41. The van der Waals surface area contributed by atoms with Gasteiger partial charge in [0.15, 0.2) is 0 Å². The highest BCUT2D eigenvalue weighted by molar-refractivity contribution is 9.10. The first-order valence-electron chi connectivity index (χ1n) is 9.11. The van der Waals surface area contributed by atoms with Gasteiger partial charge in [-0.05, 0) is 42.5 Å². The van der Waals surface area contributed by atoms with Crippen LogP contribution in [0.4, 0.5) is 0 Å². The second-order valence-corrected chi connectivity index (χ2v) is 9.84. The van der Waals surface area contributed by atoms with E-state index in [1.54, 1.807) is 30.3 Å². The molecule has 0 aliphatic carbocycles. The van der Waals surface area contributed by atoms with E-state index >= 15 is 0 Å². The molecule has 2 aliphatic rings. The van der Waals surface area contributed by atoms with Crippen molar-refractivity contribution < 1.29 is 13.2 Å². The van der Waals surface area contributed by atoms with E-state index in [0.29, 0.717) is 37.1 Å². The lowest BCUT2D eigenvalue weighted by atomic mass is 9.86. The Morgan fingerprint density at radius 1 is 1.21 bits per heavy atom. The van der Waals surface area contributed by atoms with Crippen molar-refractivity contribution in [1.29, 1.82) is 5.26 Å². The number of hydrogen-bond acceptors (Lipinski definition) is 5. The minimum atomic E-state index is -3.51. The van der Waals surface area contributed by atoms with Gasteiger partial charge in [-0.2, -0.15) is 5.26 Å². The van der Waals surface area contributed by atoms with Gasteiger partial charge >= 0.3 is 0 Å². The molecule has 6 nitrogen and oxygen atoms in total. The number of sulfonamides is 1. The third kappa shape index (κ3) is 4.76. The molecule has 0 unspecified atom stereocenters. The van der Waals surface area contributed by atoms with E-state index in [-0.39, 0.29) is 17.3 Å². The summed E-state index contributed by atoms with van der Waals surface area (Å²) in [6.07, 6.45) is 0. The van der Waals surface area contributed by atoms with Crippen molar-refractivity contribution in [2.75, 3.05) is 32.8 Å². The number of rotatable bonds is 5. The Balaban J connectivity index is 0.00000240. The Morgan fingerprint density at radius 3 is 2.69 bits per heavy atom. The van der Waals surface area contributed by atoms with E-state index in [4.69, 9.17) is 10.00 Å². The molecule has 29 heavy (non-hydrogen) atoms. The van der Waals surface area contributed by atoms with Crippen LogP contribution in [0.15, 0.2) is 51.8 Å². The van der Waals surface area contributed by atoms with Crippen molar-refractivity contribution in [1.82, 2.24) is 9.62 Å². The molecule has 1 fully saturated rings. The zero-order valence-electron chi connectivity index (χ0n) is 15.5. The molecule has 0 spiro atoms. The van der Waals surface area contributed by atoms with Crippen LogP contribution in [0.3, 0.4) is 0 Å². The lowest BCUT2D eigenvalue weighted by Crippen LogP contribution is -2.34. The predicted molar refractivity (Wildman–Crippen MR) is 116 cm³/mol. The summed E-state index contributed by atoms with van der Waals surface area (Å²) in [5, 5.41) is 9.16. The first kappa shape index (κ1) is 22.1. The first-order chi connectivity index (χ1) is 13.5. The molecule has 1 N–H and O–H groups in total. The smallest absolute Gasteiger partial charge is 0.240 e. The number of nitrogens with zero attached hydrogens (tertiary/aromatic N) is 2.